The molecule has 2 saturated heterocycles. The smallest absolute Gasteiger partial charge is 0.269 e. The Kier molecular flexibility index (Phi) is 11.2. The van der Waals surface area contributed by atoms with E-state index in [1.165, 1.54) is 24.3 Å². The number of anilines is 2. The van der Waals surface area contributed by atoms with Crippen molar-refractivity contribution < 1.29 is 29.5 Å². The van der Waals surface area contributed by atoms with Gasteiger partial charge >= 0.3 is 0 Å². The van der Waals surface area contributed by atoms with Crippen molar-refractivity contribution >= 4 is 22.7 Å². The number of aliphatic hydroxyl groups is 2. The molecule has 3 aromatic carbocycles. The lowest BCUT2D eigenvalue weighted by atomic mass is 10.2. The number of hydrogen-bond donors (Lipinski definition) is 2. The molecule has 0 unspecified atom stereocenters. The van der Waals surface area contributed by atoms with Gasteiger partial charge in [0.1, 0.15) is 36.9 Å². The van der Waals surface area contributed by atoms with Gasteiger partial charge in [-0.15, -0.1) is 0 Å². The van der Waals surface area contributed by atoms with Crippen molar-refractivity contribution in [2.24, 2.45) is 0 Å². The summed E-state index contributed by atoms with van der Waals surface area (Å²) in [5.74, 6) is 1.22. The molecular formula is C32H40N6O8. The van der Waals surface area contributed by atoms with Crippen LogP contribution in [0.1, 0.15) is 0 Å². The van der Waals surface area contributed by atoms with E-state index in [0.717, 1.165) is 63.7 Å². The van der Waals surface area contributed by atoms with Crippen LogP contribution in [0, 0.1) is 20.2 Å². The fraction of sp³-hybridized carbons (Fsp3) is 0.438. The molecule has 0 amide bonds. The number of nitro benzene ring substituents is 2. The van der Waals surface area contributed by atoms with Gasteiger partial charge in [-0.05, 0) is 48.5 Å². The third-order valence-electron chi connectivity index (χ3n) is 8.24. The number of hydrogen-bond acceptors (Lipinski definition) is 12. The Morgan fingerprint density at radius 1 is 0.565 bits per heavy atom. The van der Waals surface area contributed by atoms with Crippen molar-refractivity contribution in [2.45, 2.75) is 12.2 Å². The first kappa shape index (κ1) is 32.9. The standard InChI is InChI=1S/C32H40N6O8/c39-29(21-33-13-17-35(18-14-33)25-1-5-27(6-2-25)37(41)42)23-45-31-9-11-32(12-10-31)46-24-30(40)22-34-15-19-36(20-16-34)26-3-7-28(8-4-26)38(43)44/h1-12,29-30,39-40H,13-24H2/t29-,30-/m1/s1. The maximum absolute atomic E-state index is 10.9. The molecule has 14 nitrogen and oxygen atoms in total. The number of nitrogens with zero attached hydrogens (tertiary/aromatic N) is 6. The van der Waals surface area contributed by atoms with Crippen LogP contribution in [-0.4, -0.2) is 121 Å². The summed E-state index contributed by atoms with van der Waals surface area (Å²) < 4.78 is 11.6. The first-order valence-electron chi connectivity index (χ1n) is 15.4. The monoisotopic (exact) mass is 636 g/mol. The number of rotatable bonds is 14. The van der Waals surface area contributed by atoms with E-state index in [-0.39, 0.29) is 24.6 Å². The summed E-state index contributed by atoms with van der Waals surface area (Å²) in [6, 6.07) is 20.2. The average Bonchev–Trinajstić information content (AvgIpc) is 3.07. The third-order valence-corrected chi connectivity index (χ3v) is 8.24. The molecule has 5 rings (SSSR count). The molecule has 0 aromatic heterocycles. The van der Waals surface area contributed by atoms with Crippen molar-refractivity contribution in [3.63, 3.8) is 0 Å². The van der Waals surface area contributed by atoms with Gasteiger partial charge in [-0.2, -0.15) is 0 Å². The van der Waals surface area contributed by atoms with Gasteiger partial charge in [0.2, 0.25) is 0 Å². The minimum Gasteiger partial charge on any atom is -0.491 e. The number of non-ortho nitro benzene ring substituents is 2. The molecule has 2 heterocycles. The van der Waals surface area contributed by atoms with Gasteiger partial charge in [0.05, 0.1) is 9.85 Å². The summed E-state index contributed by atoms with van der Waals surface area (Å²) >= 11 is 0. The molecule has 0 aliphatic carbocycles. The molecule has 2 aliphatic heterocycles. The fourth-order valence-corrected chi connectivity index (χ4v) is 5.67. The Bertz CT molecular complexity index is 1300. The summed E-state index contributed by atoms with van der Waals surface area (Å²) in [5, 5.41) is 42.8. The van der Waals surface area contributed by atoms with Crippen molar-refractivity contribution in [1.29, 1.82) is 0 Å². The van der Waals surface area contributed by atoms with E-state index in [9.17, 15) is 30.4 Å². The van der Waals surface area contributed by atoms with Crippen LogP contribution in [0.4, 0.5) is 22.7 Å². The molecule has 246 valence electrons. The predicted octanol–water partition coefficient (Wildman–Crippen LogP) is 2.63. The van der Waals surface area contributed by atoms with Crippen LogP contribution in [0.2, 0.25) is 0 Å². The van der Waals surface area contributed by atoms with Gasteiger partial charge in [-0.1, -0.05) is 0 Å². The summed E-state index contributed by atoms with van der Waals surface area (Å²) in [4.78, 5) is 29.7. The first-order chi connectivity index (χ1) is 22.2. The molecule has 0 spiro atoms. The highest BCUT2D eigenvalue weighted by Crippen LogP contribution is 2.23. The fourth-order valence-electron chi connectivity index (χ4n) is 5.67. The maximum Gasteiger partial charge on any atom is 0.269 e. The Labute approximate surface area is 267 Å². The van der Waals surface area contributed by atoms with Crippen molar-refractivity contribution in [3.8, 4) is 11.5 Å². The van der Waals surface area contributed by atoms with Crippen LogP contribution in [0.5, 0.6) is 11.5 Å². The van der Waals surface area contributed by atoms with Crippen LogP contribution < -0.4 is 19.3 Å². The Balaban J connectivity index is 0.950. The van der Waals surface area contributed by atoms with E-state index in [0.29, 0.717) is 24.6 Å². The predicted molar refractivity (Wildman–Crippen MR) is 173 cm³/mol. The molecule has 0 bridgehead atoms. The highest BCUT2D eigenvalue weighted by Gasteiger charge is 2.22. The lowest BCUT2D eigenvalue weighted by molar-refractivity contribution is -0.385. The molecule has 2 fully saturated rings. The molecule has 2 N–H and O–H groups in total. The second-order valence-electron chi connectivity index (χ2n) is 11.5. The lowest BCUT2D eigenvalue weighted by Crippen LogP contribution is -2.49. The lowest BCUT2D eigenvalue weighted by Gasteiger charge is -2.36. The Hall–Kier alpha value is -4.50. The van der Waals surface area contributed by atoms with Crippen LogP contribution in [-0.2, 0) is 0 Å². The van der Waals surface area contributed by atoms with Crippen molar-refractivity contribution in [3.05, 3.63) is 93.0 Å². The topological polar surface area (TPSA) is 158 Å². The Morgan fingerprint density at radius 3 is 1.20 bits per heavy atom. The van der Waals surface area contributed by atoms with Crippen molar-refractivity contribution in [1.82, 2.24) is 9.80 Å². The highest BCUT2D eigenvalue weighted by atomic mass is 16.6. The normalized spacial score (nSPS) is 17.3. The summed E-state index contributed by atoms with van der Waals surface area (Å²) in [6.07, 6.45) is -1.32. The Morgan fingerprint density at radius 2 is 0.891 bits per heavy atom. The number of piperazine rings is 2. The van der Waals surface area contributed by atoms with Gasteiger partial charge in [-0.3, -0.25) is 30.0 Å². The van der Waals surface area contributed by atoms with E-state index < -0.39 is 22.1 Å². The summed E-state index contributed by atoms with van der Waals surface area (Å²) in [6.45, 7) is 7.41. The molecule has 3 aromatic rings. The van der Waals surface area contributed by atoms with Gasteiger partial charge in [0, 0.05) is 101 Å². The highest BCUT2D eigenvalue weighted by molar-refractivity contribution is 5.52. The molecular weight excluding hydrogens is 596 g/mol. The van der Waals surface area contributed by atoms with E-state index >= 15 is 0 Å². The second-order valence-corrected chi connectivity index (χ2v) is 11.5. The molecule has 2 atom stereocenters. The molecule has 0 saturated carbocycles. The number of benzene rings is 3. The van der Waals surface area contributed by atoms with Crippen LogP contribution in [0.15, 0.2) is 72.8 Å². The molecule has 46 heavy (non-hydrogen) atoms. The SMILES string of the molecule is O=[N+]([O-])c1ccc(N2CCN(C[C@@H](O)COc3ccc(OC[C@H](O)CN4CCN(c5ccc([N+](=O)[O-])cc5)CC4)cc3)CC2)cc1. The molecule has 0 radical (unpaired) electrons. The van der Waals surface area contributed by atoms with Crippen LogP contribution in [0.25, 0.3) is 0 Å². The first-order valence-corrected chi connectivity index (χ1v) is 15.4. The summed E-state index contributed by atoms with van der Waals surface area (Å²) in [5.41, 5.74) is 2.06. The number of ether oxygens (including phenoxy) is 2. The minimum absolute atomic E-state index is 0.0773. The van der Waals surface area contributed by atoms with E-state index in [1.54, 1.807) is 48.5 Å². The van der Waals surface area contributed by atoms with Gasteiger partial charge in [0.25, 0.3) is 11.4 Å². The number of aliphatic hydroxyl groups excluding tert-OH is 2. The zero-order valence-electron chi connectivity index (χ0n) is 25.6. The van der Waals surface area contributed by atoms with E-state index in [4.69, 9.17) is 9.47 Å². The van der Waals surface area contributed by atoms with Crippen molar-refractivity contribution in [2.75, 3.05) is 88.5 Å². The second kappa shape index (κ2) is 15.7. The van der Waals surface area contributed by atoms with E-state index in [1.807, 2.05) is 0 Å². The minimum atomic E-state index is -0.659. The quantitative estimate of drug-likeness (QED) is 0.197. The number of β-amino-alcohol motifs (C(OH)–C–C–N with tert-alkyl or cyclic N) is 2. The average molecular weight is 637 g/mol. The maximum atomic E-state index is 10.9. The zero-order chi connectivity index (χ0) is 32.5. The zero-order valence-corrected chi connectivity index (χ0v) is 25.6. The third kappa shape index (κ3) is 9.26. The van der Waals surface area contributed by atoms with E-state index in [2.05, 4.69) is 19.6 Å². The molecule has 14 heteroatoms. The largest absolute Gasteiger partial charge is 0.491 e. The van der Waals surface area contributed by atoms with Gasteiger partial charge in [-0.25, -0.2) is 0 Å². The summed E-state index contributed by atoms with van der Waals surface area (Å²) in [7, 11) is 0. The van der Waals surface area contributed by atoms with Gasteiger partial charge in [0.15, 0.2) is 0 Å². The van der Waals surface area contributed by atoms with Crippen LogP contribution in [0.3, 0.4) is 0 Å². The van der Waals surface area contributed by atoms with Gasteiger partial charge < -0.3 is 29.5 Å². The molecule has 2 aliphatic rings. The number of nitro groups is 2. The van der Waals surface area contributed by atoms with Crippen LogP contribution >= 0.6 is 0 Å².